The van der Waals surface area contributed by atoms with Crippen LogP contribution in [0.25, 0.3) is 11.1 Å². The highest BCUT2D eigenvalue weighted by Crippen LogP contribution is 2.34. The summed E-state index contributed by atoms with van der Waals surface area (Å²) in [4.78, 5) is 24.0. The van der Waals surface area contributed by atoms with Crippen LogP contribution in [0.5, 0.6) is 0 Å². The van der Waals surface area contributed by atoms with Crippen molar-refractivity contribution < 1.29 is 9.72 Å². The van der Waals surface area contributed by atoms with Gasteiger partial charge >= 0.3 is 0 Å². The Kier molecular flexibility index (Phi) is 4.10. The summed E-state index contributed by atoms with van der Waals surface area (Å²) in [6, 6.07) is 17.4. The third-order valence-corrected chi connectivity index (χ3v) is 4.20. The maximum atomic E-state index is 12.1. The molecule has 0 saturated heterocycles. The second-order valence-electron chi connectivity index (χ2n) is 5.95. The molecule has 0 radical (unpaired) electrons. The molecular weight excluding hydrogens is 292 g/mol. The van der Waals surface area contributed by atoms with Gasteiger partial charge in [0, 0.05) is 24.9 Å². The van der Waals surface area contributed by atoms with Crippen molar-refractivity contribution in [3.05, 3.63) is 70.3 Å². The summed E-state index contributed by atoms with van der Waals surface area (Å²) in [7, 11) is 1.70. The number of benzene rings is 2. The number of hydrogen-bond acceptors (Lipinski definition) is 3. The Balaban J connectivity index is 1.62. The lowest BCUT2D eigenvalue weighted by Crippen LogP contribution is -2.29. The van der Waals surface area contributed by atoms with Crippen molar-refractivity contribution in [2.45, 2.75) is 19.0 Å². The predicted molar refractivity (Wildman–Crippen MR) is 87.2 cm³/mol. The third-order valence-electron chi connectivity index (χ3n) is 4.20. The quantitative estimate of drug-likeness (QED) is 0.630. The number of nitro groups is 1. The van der Waals surface area contributed by atoms with Crippen molar-refractivity contribution in [2.24, 2.45) is 5.92 Å². The van der Waals surface area contributed by atoms with E-state index in [0.29, 0.717) is 13.0 Å². The van der Waals surface area contributed by atoms with E-state index in [0.717, 1.165) is 16.7 Å². The van der Waals surface area contributed by atoms with Crippen LogP contribution < -0.4 is 0 Å². The molecule has 0 aromatic heterocycles. The zero-order valence-corrected chi connectivity index (χ0v) is 12.9. The van der Waals surface area contributed by atoms with Crippen LogP contribution >= 0.6 is 0 Å². The lowest BCUT2D eigenvalue weighted by Gasteiger charge is -2.17. The summed E-state index contributed by atoms with van der Waals surface area (Å²) >= 11 is 0. The Morgan fingerprint density at radius 2 is 1.74 bits per heavy atom. The molecule has 0 aliphatic heterocycles. The van der Waals surface area contributed by atoms with Gasteiger partial charge in [-0.2, -0.15) is 0 Å². The zero-order valence-electron chi connectivity index (χ0n) is 12.9. The van der Waals surface area contributed by atoms with Gasteiger partial charge in [-0.3, -0.25) is 14.9 Å². The van der Waals surface area contributed by atoms with Crippen molar-refractivity contribution in [3.63, 3.8) is 0 Å². The van der Waals surface area contributed by atoms with Gasteiger partial charge in [0.05, 0.1) is 0 Å². The maximum absolute atomic E-state index is 12.1. The highest BCUT2D eigenvalue weighted by molar-refractivity contribution is 5.81. The van der Waals surface area contributed by atoms with E-state index in [1.165, 1.54) is 0 Å². The molecule has 5 nitrogen and oxygen atoms in total. The summed E-state index contributed by atoms with van der Waals surface area (Å²) in [5, 5.41) is 10.7. The van der Waals surface area contributed by atoms with Gasteiger partial charge in [0.2, 0.25) is 11.9 Å². The first kappa shape index (κ1) is 15.2. The monoisotopic (exact) mass is 310 g/mol. The average molecular weight is 310 g/mol. The van der Waals surface area contributed by atoms with E-state index < -0.39 is 12.0 Å². The third kappa shape index (κ3) is 3.39. The molecule has 2 atom stereocenters. The molecule has 5 heteroatoms. The molecule has 23 heavy (non-hydrogen) atoms. The Bertz CT molecular complexity index is 713. The lowest BCUT2D eigenvalue weighted by atomic mass is 10.0. The van der Waals surface area contributed by atoms with Crippen LogP contribution in [0.4, 0.5) is 0 Å². The second-order valence-corrected chi connectivity index (χ2v) is 5.95. The van der Waals surface area contributed by atoms with E-state index >= 15 is 0 Å². The van der Waals surface area contributed by atoms with Crippen molar-refractivity contribution in [1.29, 1.82) is 0 Å². The van der Waals surface area contributed by atoms with Crippen molar-refractivity contribution in [1.82, 2.24) is 4.90 Å². The first-order valence-electron chi connectivity index (χ1n) is 7.59. The number of rotatable bonds is 5. The lowest BCUT2D eigenvalue weighted by molar-refractivity contribution is -0.497. The standard InChI is InChI=1S/C18H18N2O3/c1-19(18(21)16-11-17(16)20(22)23)12-13-7-9-15(10-8-13)14-5-3-2-4-6-14/h2-10,16-17H,11-12H2,1H3. The fourth-order valence-corrected chi connectivity index (χ4v) is 2.75. The van der Waals surface area contributed by atoms with E-state index in [1.54, 1.807) is 11.9 Å². The fourth-order valence-electron chi connectivity index (χ4n) is 2.75. The van der Waals surface area contributed by atoms with Crippen LogP contribution in [0.3, 0.4) is 0 Å². The van der Waals surface area contributed by atoms with Gasteiger partial charge in [0.15, 0.2) is 0 Å². The molecule has 2 aromatic carbocycles. The van der Waals surface area contributed by atoms with Crippen LogP contribution in [-0.2, 0) is 11.3 Å². The molecule has 0 N–H and O–H groups in total. The molecule has 3 rings (SSSR count). The number of amides is 1. The number of hydrogen-bond donors (Lipinski definition) is 0. The van der Waals surface area contributed by atoms with E-state index in [2.05, 4.69) is 12.1 Å². The van der Waals surface area contributed by atoms with Crippen molar-refractivity contribution in [2.75, 3.05) is 7.05 Å². The minimum Gasteiger partial charge on any atom is -0.341 e. The maximum Gasteiger partial charge on any atom is 0.232 e. The first-order chi connectivity index (χ1) is 11.1. The van der Waals surface area contributed by atoms with Crippen LogP contribution in [0.15, 0.2) is 54.6 Å². The topological polar surface area (TPSA) is 63.5 Å². The van der Waals surface area contributed by atoms with Crippen LogP contribution in [0.2, 0.25) is 0 Å². The highest BCUT2D eigenvalue weighted by Gasteiger charge is 2.54. The SMILES string of the molecule is CN(Cc1ccc(-c2ccccc2)cc1)C(=O)C1CC1[N+](=O)[O-]. The van der Waals surface area contributed by atoms with Gasteiger partial charge in [-0.1, -0.05) is 54.6 Å². The molecular formula is C18H18N2O3. The number of carbonyl (C=O) groups is 1. The Morgan fingerprint density at radius 1 is 1.13 bits per heavy atom. The molecule has 1 amide bonds. The van der Waals surface area contributed by atoms with Gasteiger partial charge in [-0.25, -0.2) is 0 Å². The van der Waals surface area contributed by atoms with E-state index in [4.69, 9.17) is 0 Å². The molecule has 2 aromatic rings. The summed E-state index contributed by atoms with van der Waals surface area (Å²) in [5.74, 6) is -0.586. The minimum absolute atomic E-state index is 0.140. The summed E-state index contributed by atoms with van der Waals surface area (Å²) in [6.07, 6.45) is 0.364. The molecule has 2 unspecified atom stereocenters. The van der Waals surface area contributed by atoms with Crippen molar-refractivity contribution in [3.8, 4) is 11.1 Å². The average Bonchev–Trinajstić information content (AvgIpc) is 3.36. The Labute approximate surface area is 134 Å². The van der Waals surface area contributed by atoms with Gasteiger partial charge in [0.25, 0.3) is 0 Å². The van der Waals surface area contributed by atoms with E-state index in [1.807, 2.05) is 42.5 Å². The van der Waals surface area contributed by atoms with Gasteiger partial charge < -0.3 is 4.90 Å². The molecule has 1 saturated carbocycles. The zero-order chi connectivity index (χ0) is 16.4. The molecule has 0 bridgehead atoms. The van der Waals surface area contributed by atoms with Gasteiger partial charge in [-0.05, 0) is 16.7 Å². The Morgan fingerprint density at radius 3 is 2.30 bits per heavy atom. The van der Waals surface area contributed by atoms with Crippen LogP contribution in [0, 0.1) is 16.0 Å². The van der Waals surface area contributed by atoms with Gasteiger partial charge in [0.1, 0.15) is 5.92 Å². The first-order valence-corrected chi connectivity index (χ1v) is 7.59. The minimum atomic E-state index is -0.689. The summed E-state index contributed by atoms with van der Waals surface area (Å²) in [6.45, 7) is 0.467. The molecule has 1 aliphatic rings. The summed E-state index contributed by atoms with van der Waals surface area (Å²) in [5.41, 5.74) is 3.29. The Hall–Kier alpha value is -2.69. The van der Waals surface area contributed by atoms with Gasteiger partial charge in [-0.15, -0.1) is 0 Å². The number of nitrogens with zero attached hydrogens (tertiary/aromatic N) is 2. The summed E-state index contributed by atoms with van der Waals surface area (Å²) < 4.78 is 0. The highest BCUT2D eigenvalue weighted by atomic mass is 16.6. The normalized spacial score (nSPS) is 19.2. The largest absolute Gasteiger partial charge is 0.341 e. The smallest absolute Gasteiger partial charge is 0.232 e. The molecule has 0 spiro atoms. The van der Waals surface area contributed by atoms with Crippen LogP contribution in [0.1, 0.15) is 12.0 Å². The predicted octanol–water partition coefficient (Wildman–Crippen LogP) is 2.98. The second kappa shape index (κ2) is 6.20. The van der Waals surface area contributed by atoms with Crippen molar-refractivity contribution >= 4 is 5.91 Å². The molecule has 1 fully saturated rings. The van der Waals surface area contributed by atoms with Crippen LogP contribution in [-0.4, -0.2) is 28.8 Å². The fraction of sp³-hybridized carbons (Fsp3) is 0.278. The number of carbonyl (C=O) groups excluding carboxylic acids is 1. The van der Waals surface area contributed by atoms with E-state index in [-0.39, 0.29) is 10.8 Å². The molecule has 1 aliphatic carbocycles. The molecule has 0 heterocycles. The molecule has 118 valence electrons. The van der Waals surface area contributed by atoms with E-state index in [9.17, 15) is 14.9 Å².